The Morgan fingerprint density at radius 1 is 0.947 bits per heavy atom. The molecule has 2 aromatic carbocycles. The van der Waals surface area contributed by atoms with Gasteiger partial charge in [-0.3, -0.25) is 0 Å². The molecular weight excluding hydrogens is 382 g/mol. The summed E-state index contributed by atoms with van der Waals surface area (Å²) in [4.78, 5) is 0. The molecule has 0 N–H and O–H groups in total. The van der Waals surface area contributed by atoms with Crippen molar-refractivity contribution in [1.29, 1.82) is 0 Å². The van der Waals surface area contributed by atoms with Gasteiger partial charge >= 0.3 is 0 Å². The van der Waals surface area contributed by atoms with E-state index in [1.54, 1.807) is 24.3 Å². The molecule has 0 aliphatic carbocycles. The predicted molar refractivity (Wildman–Crippen MR) is 77.5 cm³/mol. The lowest BCUT2D eigenvalue weighted by Gasteiger charge is -2.08. The maximum Gasteiger partial charge on any atom is 0.165 e. The number of rotatable bonds is 4. The molecule has 0 spiro atoms. The Kier molecular flexibility index (Phi) is 4.93. The molecule has 0 saturated heterocycles. The number of alkyl halides is 1. The second-order valence-corrected chi connectivity index (χ2v) is 5.35. The third kappa shape index (κ3) is 3.76. The molecule has 0 amide bonds. The van der Waals surface area contributed by atoms with E-state index in [0.29, 0.717) is 9.80 Å². The molecule has 0 radical (unpaired) electrons. The van der Waals surface area contributed by atoms with Crippen LogP contribution in [-0.4, -0.2) is 0 Å². The second-order valence-electron chi connectivity index (χ2n) is 3.94. The maximum absolute atomic E-state index is 13.7. The Bertz CT molecular complexity index is 588. The zero-order valence-electron chi connectivity index (χ0n) is 9.80. The van der Waals surface area contributed by atoms with Gasteiger partial charge in [-0.15, -0.1) is 0 Å². The van der Waals surface area contributed by atoms with Gasteiger partial charge in [0.05, 0.1) is 4.47 Å². The highest BCUT2D eigenvalue weighted by Gasteiger charge is 2.06. The fourth-order valence-corrected chi connectivity index (χ4v) is 2.31. The first-order chi connectivity index (χ1) is 9.10. The molecule has 0 aromatic heterocycles. The highest BCUT2D eigenvalue weighted by atomic mass is 79.9. The van der Waals surface area contributed by atoms with Gasteiger partial charge in [0.1, 0.15) is 12.4 Å². The van der Waals surface area contributed by atoms with Gasteiger partial charge < -0.3 is 4.74 Å². The van der Waals surface area contributed by atoms with Gasteiger partial charge in [0.15, 0.2) is 11.6 Å². The molecule has 0 saturated carbocycles. The Balaban J connectivity index is 2.07. The van der Waals surface area contributed by atoms with Crippen LogP contribution in [0.25, 0.3) is 0 Å². The van der Waals surface area contributed by atoms with Gasteiger partial charge in [-0.25, -0.2) is 8.78 Å². The number of hydrogen-bond donors (Lipinski definition) is 0. The van der Waals surface area contributed by atoms with Crippen molar-refractivity contribution >= 4 is 31.9 Å². The predicted octanol–water partition coefficient (Wildman–Crippen LogP) is 5.20. The minimum atomic E-state index is -0.405. The minimum absolute atomic E-state index is 0.184. The average molecular weight is 392 g/mol. The molecule has 1 nitrogen and oxygen atoms in total. The van der Waals surface area contributed by atoms with Crippen LogP contribution in [0.3, 0.4) is 0 Å². The summed E-state index contributed by atoms with van der Waals surface area (Å²) in [5.74, 6) is -0.556. The van der Waals surface area contributed by atoms with Crippen molar-refractivity contribution in [3.05, 3.63) is 63.6 Å². The Hall–Kier alpha value is -0.940. The number of benzene rings is 2. The molecule has 0 fully saturated rings. The highest BCUT2D eigenvalue weighted by Crippen LogP contribution is 2.22. The summed E-state index contributed by atoms with van der Waals surface area (Å²) in [6.45, 7) is 0.184. The monoisotopic (exact) mass is 390 g/mol. The summed E-state index contributed by atoms with van der Waals surface area (Å²) in [6.07, 6.45) is 0. The van der Waals surface area contributed by atoms with Crippen LogP contribution in [0.4, 0.5) is 8.78 Å². The van der Waals surface area contributed by atoms with Crippen molar-refractivity contribution in [3.8, 4) is 5.75 Å². The fraction of sp³-hybridized carbons (Fsp3) is 0.143. The van der Waals surface area contributed by atoms with E-state index in [4.69, 9.17) is 4.74 Å². The van der Waals surface area contributed by atoms with E-state index < -0.39 is 5.82 Å². The lowest BCUT2D eigenvalue weighted by atomic mass is 10.2. The van der Waals surface area contributed by atoms with Crippen LogP contribution in [0.15, 0.2) is 40.9 Å². The Labute approximate surface area is 126 Å². The minimum Gasteiger partial charge on any atom is -0.486 e. The summed E-state index contributed by atoms with van der Waals surface area (Å²) in [5.41, 5.74) is 1.60. The lowest BCUT2D eigenvalue weighted by Crippen LogP contribution is -1.98. The van der Waals surface area contributed by atoms with E-state index in [1.807, 2.05) is 0 Å². The normalized spacial score (nSPS) is 10.5. The first-order valence-corrected chi connectivity index (χ1v) is 7.42. The molecular formula is C14H10Br2F2O. The molecule has 0 aliphatic heterocycles. The third-order valence-electron chi connectivity index (χ3n) is 2.53. The number of hydrogen-bond acceptors (Lipinski definition) is 1. The topological polar surface area (TPSA) is 9.23 Å². The SMILES string of the molecule is Fc1ccc(COc2ccc(CBr)cc2F)cc1Br. The van der Waals surface area contributed by atoms with E-state index >= 15 is 0 Å². The van der Waals surface area contributed by atoms with Crippen molar-refractivity contribution in [2.45, 2.75) is 11.9 Å². The van der Waals surface area contributed by atoms with Crippen molar-refractivity contribution in [2.75, 3.05) is 0 Å². The molecule has 19 heavy (non-hydrogen) atoms. The standard InChI is InChI=1S/C14H10Br2F2O/c15-7-9-2-4-14(13(18)6-9)19-8-10-1-3-12(17)11(16)5-10/h1-6H,7-8H2. The van der Waals surface area contributed by atoms with Crippen LogP contribution in [0, 0.1) is 11.6 Å². The smallest absolute Gasteiger partial charge is 0.165 e. The molecule has 0 aliphatic rings. The number of ether oxygens (including phenoxy) is 1. The average Bonchev–Trinajstić information content (AvgIpc) is 2.41. The maximum atomic E-state index is 13.7. The quantitative estimate of drug-likeness (QED) is 0.650. The zero-order valence-corrected chi connectivity index (χ0v) is 13.0. The lowest BCUT2D eigenvalue weighted by molar-refractivity contribution is 0.290. The van der Waals surface area contributed by atoms with E-state index in [2.05, 4.69) is 31.9 Å². The molecule has 0 atom stereocenters. The van der Waals surface area contributed by atoms with Gasteiger partial charge in [-0.05, 0) is 51.3 Å². The third-order valence-corrected chi connectivity index (χ3v) is 3.78. The van der Waals surface area contributed by atoms with E-state index in [1.165, 1.54) is 12.1 Å². The van der Waals surface area contributed by atoms with Gasteiger partial charge in [0, 0.05) is 5.33 Å². The summed E-state index contributed by atoms with van der Waals surface area (Å²) in [5, 5.41) is 0.592. The molecule has 2 rings (SSSR count). The molecule has 2 aromatic rings. The van der Waals surface area contributed by atoms with Gasteiger partial charge in [0.2, 0.25) is 0 Å². The van der Waals surface area contributed by atoms with Crippen molar-refractivity contribution < 1.29 is 13.5 Å². The molecule has 5 heteroatoms. The van der Waals surface area contributed by atoms with Crippen molar-refractivity contribution in [3.63, 3.8) is 0 Å². The largest absolute Gasteiger partial charge is 0.486 e. The van der Waals surface area contributed by atoms with Crippen LogP contribution in [0.2, 0.25) is 0 Å². The summed E-state index contributed by atoms with van der Waals surface area (Å²) >= 11 is 6.35. The van der Waals surface area contributed by atoms with Crippen LogP contribution >= 0.6 is 31.9 Å². The van der Waals surface area contributed by atoms with Crippen LogP contribution in [0.5, 0.6) is 5.75 Å². The van der Waals surface area contributed by atoms with Crippen LogP contribution in [-0.2, 0) is 11.9 Å². The summed E-state index contributed by atoms with van der Waals surface area (Å²) in [6, 6.07) is 9.35. The second kappa shape index (κ2) is 6.48. The van der Waals surface area contributed by atoms with Crippen LogP contribution in [0.1, 0.15) is 11.1 Å². The number of halogens is 4. The first kappa shape index (κ1) is 14.5. The zero-order chi connectivity index (χ0) is 13.8. The van der Waals surface area contributed by atoms with E-state index in [-0.39, 0.29) is 18.2 Å². The molecule has 100 valence electrons. The van der Waals surface area contributed by atoms with Gasteiger partial charge in [-0.1, -0.05) is 28.1 Å². The highest BCUT2D eigenvalue weighted by molar-refractivity contribution is 9.10. The van der Waals surface area contributed by atoms with E-state index in [0.717, 1.165) is 11.1 Å². The Morgan fingerprint density at radius 3 is 2.32 bits per heavy atom. The molecule has 0 bridgehead atoms. The van der Waals surface area contributed by atoms with Gasteiger partial charge in [-0.2, -0.15) is 0 Å². The summed E-state index contributed by atoms with van der Waals surface area (Å²) < 4.78 is 32.5. The summed E-state index contributed by atoms with van der Waals surface area (Å²) in [7, 11) is 0. The van der Waals surface area contributed by atoms with E-state index in [9.17, 15) is 8.78 Å². The van der Waals surface area contributed by atoms with Crippen molar-refractivity contribution in [2.24, 2.45) is 0 Å². The van der Waals surface area contributed by atoms with Crippen LogP contribution < -0.4 is 4.74 Å². The molecule has 0 unspecified atom stereocenters. The van der Waals surface area contributed by atoms with Crippen molar-refractivity contribution in [1.82, 2.24) is 0 Å². The Morgan fingerprint density at radius 2 is 1.68 bits per heavy atom. The fourth-order valence-electron chi connectivity index (χ4n) is 1.54. The molecule has 0 heterocycles. The van der Waals surface area contributed by atoms with Gasteiger partial charge in [0.25, 0.3) is 0 Å². The first-order valence-electron chi connectivity index (χ1n) is 5.51.